The van der Waals surface area contributed by atoms with Crippen LogP contribution in [0.15, 0.2) is 30.9 Å². The van der Waals surface area contributed by atoms with Gasteiger partial charge in [-0.2, -0.15) is 0 Å². The number of imidazole rings is 2. The maximum atomic E-state index is 12.9. The molecule has 0 radical (unpaired) electrons. The number of halogens is 1. The Morgan fingerprint density at radius 2 is 2.13 bits per heavy atom. The first kappa shape index (κ1) is 19.7. The first-order valence-electron chi connectivity index (χ1n) is 9.92. The molecule has 0 unspecified atom stereocenters. The maximum absolute atomic E-state index is 12.9. The lowest BCUT2D eigenvalue weighted by Crippen LogP contribution is -2.30. The molecule has 1 amide bonds. The largest absolute Gasteiger partial charge is 0.389 e. The third-order valence-electron chi connectivity index (χ3n) is 5.85. The van der Waals surface area contributed by atoms with E-state index in [2.05, 4.69) is 19.9 Å². The summed E-state index contributed by atoms with van der Waals surface area (Å²) < 4.78 is 3.74. The summed E-state index contributed by atoms with van der Waals surface area (Å²) in [7, 11) is 1.93. The minimum Gasteiger partial charge on any atom is -0.389 e. The van der Waals surface area contributed by atoms with Crippen molar-refractivity contribution in [3.63, 3.8) is 0 Å². The van der Waals surface area contributed by atoms with E-state index in [0.717, 1.165) is 16.9 Å². The quantitative estimate of drug-likeness (QED) is 0.489. The summed E-state index contributed by atoms with van der Waals surface area (Å²) in [6, 6.07) is 5.21. The van der Waals surface area contributed by atoms with Crippen molar-refractivity contribution in [1.29, 1.82) is 0 Å². The predicted molar refractivity (Wildman–Crippen MR) is 115 cm³/mol. The lowest BCUT2D eigenvalue weighted by atomic mass is 10.2. The SMILES string of the molecule is Cn1c(CCC(=O)N2C[C@@H](O)[C@H](n3cnc4c(N)ncnc43)C2)nc2cc(Cl)ccc21. The van der Waals surface area contributed by atoms with Gasteiger partial charge in [-0.15, -0.1) is 0 Å². The second kappa shape index (κ2) is 7.47. The number of carbonyl (C=O) groups is 1. The van der Waals surface area contributed by atoms with Crippen molar-refractivity contribution in [3.05, 3.63) is 41.7 Å². The lowest BCUT2D eigenvalue weighted by Gasteiger charge is -2.17. The van der Waals surface area contributed by atoms with Gasteiger partial charge in [-0.05, 0) is 18.2 Å². The van der Waals surface area contributed by atoms with Gasteiger partial charge in [-0.3, -0.25) is 4.79 Å². The number of aryl methyl sites for hydroxylation is 2. The van der Waals surface area contributed by atoms with Crippen LogP contribution in [0.4, 0.5) is 5.82 Å². The second-order valence-electron chi connectivity index (χ2n) is 7.74. The molecule has 4 heterocycles. The Labute approximate surface area is 182 Å². The third kappa shape index (κ3) is 3.37. The van der Waals surface area contributed by atoms with E-state index in [9.17, 15) is 9.90 Å². The van der Waals surface area contributed by atoms with Gasteiger partial charge in [0, 0.05) is 38.0 Å². The second-order valence-corrected chi connectivity index (χ2v) is 8.17. The van der Waals surface area contributed by atoms with Gasteiger partial charge in [0.05, 0.1) is 29.5 Å². The number of benzene rings is 1. The number of hydrogen-bond acceptors (Lipinski definition) is 7. The number of nitrogens with two attached hydrogens (primary N) is 1. The molecule has 11 heteroatoms. The fourth-order valence-electron chi connectivity index (χ4n) is 4.18. The van der Waals surface area contributed by atoms with E-state index < -0.39 is 6.10 Å². The zero-order valence-electron chi connectivity index (χ0n) is 16.8. The summed E-state index contributed by atoms with van der Waals surface area (Å²) >= 11 is 6.05. The number of amides is 1. The maximum Gasteiger partial charge on any atom is 0.223 e. The van der Waals surface area contributed by atoms with Gasteiger partial charge in [0.2, 0.25) is 5.91 Å². The molecule has 3 aromatic heterocycles. The lowest BCUT2D eigenvalue weighted by molar-refractivity contribution is -0.130. The number of rotatable bonds is 4. The van der Waals surface area contributed by atoms with Crippen molar-refractivity contribution in [2.45, 2.75) is 25.0 Å². The molecule has 31 heavy (non-hydrogen) atoms. The van der Waals surface area contributed by atoms with E-state index in [1.165, 1.54) is 6.33 Å². The van der Waals surface area contributed by atoms with Gasteiger partial charge >= 0.3 is 0 Å². The fraction of sp³-hybridized carbons (Fsp3) is 0.350. The molecule has 3 N–H and O–H groups in total. The number of aromatic nitrogens is 6. The van der Waals surface area contributed by atoms with Gasteiger partial charge in [-0.1, -0.05) is 11.6 Å². The summed E-state index contributed by atoms with van der Waals surface area (Å²) in [5, 5.41) is 11.2. The number of fused-ring (bicyclic) bond motifs is 2. The van der Waals surface area contributed by atoms with Gasteiger partial charge in [0.1, 0.15) is 17.7 Å². The highest BCUT2D eigenvalue weighted by Gasteiger charge is 2.36. The summed E-state index contributed by atoms with van der Waals surface area (Å²) in [5.41, 5.74) is 8.66. The van der Waals surface area contributed by atoms with Crippen molar-refractivity contribution in [3.8, 4) is 0 Å². The molecule has 5 rings (SSSR count). The van der Waals surface area contributed by atoms with E-state index in [4.69, 9.17) is 17.3 Å². The average molecular weight is 441 g/mol. The molecule has 1 aliphatic heterocycles. The third-order valence-corrected chi connectivity index (χ3v) is 6.09. The number of aliphatic hydroxyl groups excluding tert-OH is 1. The highest BCUT2D eigenvalue weighted by Crippen LogP contribution is 2.27. The number of β-amino-alcohol motifs (C(OH)–C–C–N with tert-alkyl or cyclic N) is 1. The first-order valence-corrected chi connectivity index (χ1v) is 10.3. The standard InChI is InChI=1S/C20H21ClN8O2/c1-27-13-3-2-11(21)6-12(13)26-16(27)4-5-17(31)28-7-14(15(30)8-28)29-10-25-18-19(22)23-9-24-20(18)29/h2-3,6,9-10,14-15,30H,4-5,7-8H2,1H3,(H2,22,23,24)/t14-,15-/m1/s1. The van der Waals surface area contributed by atoms with Crippen LogP contribution in [-0.2, 0) is 18.3 Å². The fourth-order valence-corrected chi connectivity index (χ4v) is 4.35. The van der Waals surface area contributed by atoms with Crippen LogP contribution in [0.2, 0.25) is 5.02 Å². The van der Waals surface area contributed by atoms with E-state index in [1.54, 1.807) is 15.8 Å². The van der Waals surface area contributed by atoms with Crippen molar-refractivity contribution in [2.75, 3.05) is 18.8 Å². The molecule has 0 spiro atoms. The Hall–Kier alpha value is -3.24. The van der Waals surface area contributed by atoms with Gasteiger partial charge in [0.15, 0.2) is 11.5 Å². The smallest absolute Gasteiger partial charge is 0.223 e. The number of carbonyl (C=O) groups excluding carboxylic acids is 1. The molecule has 1 saturated heterocycles. The minimum absolute atomic E-state index is 0.0369. The van der Waals surface area contributed by atoms with Crippen molar-refractivity contribution < 1.29 is 9.90 Å². The van der Waals surface area contributed by atoms with Crippen molar-refractivity contribution in [2.24, 2.45) is 7.05 Å². The molecule has 10 nitrogen and oxygen atoms in total. The molecule has 160 valence electrons. The summed E-state index contributed by atoms with van der Waals surface area (Å²) in [6.45, 7) is 0.620. The van der Waals surface area contributed by atoms with Gasteiger partial charge in [0.25, 0.3) is 0 Å². The zero-order valence-corrected chi connectivity index (χ0v) is 17.6. The van der Waals surface area contributed by atoms with E-state index >= 15 is 0 Å². The monoisotopic (exact) mass is 440 g/mol. The van der Waals surface area contributed by atoms with Crippen LogP contribution >= 0.6 is 11.6 Å². The number of hydrogen-bond donors (Lipinski definition) is 2. The van der Waals surface area contributed by atoms with E-state index in [1.807, 2.05) is 29.8 Å². The molecule has 1 aliphatic rings. The number of aliphatic hydroxyl groups is 1. The molecule has 0 bridgehead atoms. The molecular formula is C20H21ClN8O2. The van der Waals surface area contributed by atoms with Crippen LogP contribution < -0.4 is 5.73 Å². The Morgan fingerprint density at radius 3 is 2.97 bits per heavy atom. The van der Waals surface area contributed by atoms with Crippen LogP contribution in [-0.4, -0.2) is 64.2 Å². The first-order chi connectivity index (χ1) is 14.9. The average Bonchev–Trinajstić information content (AvgIpc) is 3.42. The zero-order chi connectivity index (χ0) is 21.7. The van der Waals surface area contributed by atoms with Crippen LogP contribution in [0.5, 0.6) is 0 Å². The number of nitrogens with zero attached hydrogens (tertiary/aromatic N) is 7. The number of nitrogen functional groups attached to an aromatic ring is 1. The van der Waals surface area contributed by atoms with Crippen LogP contribution in [0.3, 0.4) is 0 Å². The highest BCUT2D eigenvalue weighted by molar-refractivity contribution is 6.31. The molecular weight excluding hydrogens is 420 g/mol. The summed E-state index contributed by atoms with van der Waals surface area (Å²) in [4.78, 5) is 31.6. The highest BCUT2D eigenvalue weighted by atomic mass is 35.5. The normalized spacial score (nSPS) is 19.0. The summed E-state index contributed by atoms with van der Waals surface area (Å²) in [5.74, 6) is 1.06. The Kier molecular flexibility index (Phi) is 4.75. The number of likely N-dealkylation sites (tertiary alicyclic amines) is 1. The Bertz CT molecular complexity index is 1300. The van der Waals surface area contributed by atoms with Gasteiger partial charge < -0.3 is 24.9 Å². The van der Waals surface area contributed by atoms with Crippen molar-refractivity contribution in [1.82, 2.24) is 34.0 Å². The Morgan fingerprint density at radius 1 is 1.29 bits per heavy atom. The van der Waals surface area contributed by atoms with Crippen molar-refractivity contribution >= 4 is 45.5 Å². The van der Waals surface area contributed by atoms with E-state index in [-0.39, 0.29) is 24.3 Å². The molecule has 4 aromatic rings. The van der Waals surface area contributed by atoms with Crippen LogP contribution in [0.1, 0.15) is 18.3 Å². The molecule has 0 saturated carbocycles. The van der Waals surface area contributed by atoms with Gasteiger partial charge in [-0.25, -0.2) is 19.9 Å². The topological polar surface area (TPSA) is 128 Å². The molecule has 0 aliphatic carbocycles. The number of anilines is 1. The minimum atomic E-state index is -0.726. The summed E-state index contributed by atoms with van der Waals surface area (Å²) in [6.07, 6.45) is 3.02. The molecule has 1 aromatic carbocycles. The predicted octanol–water partition coefficient (Wildman–Crippen LogP) is 1.33. The van der Waals surface area contributed by atoms with E-state index in [0.29, 0.717) is 35.6 Å². The van der Waals surface area contributed by atoms with Crippen LogP contribution in [0.25, 0.3) is 22.2 Å². The van der Waals surface area contributed by atoms with Crippen LogP contribution in [0, 0.1) is 0 Å². The molecule has 2 atom stereocenters. The Balaban J connectivity index is 1.30. The molecule has 1 fully saturated rings.